The summed E-state index contributed by atoms with van der Waals surface area (Å²) < 4.78 is 43.8. The van der Waals surface area contributed by atoms with Crippen LogP contribution in [0.15, 0.2) is 42.5 Å². The Bertz CT molecular complexity index is 934. The maximum atomic E-state index is 14.2. The van der Waals surface area contributed by atoms with E-state index in [0.717, 1.165) is 16.5 Å². The zero-order valence-corrected chi connectivity index (χ0v) is 14.0. The second-order valence-corrected chi connectivity index (χ2v) is 6.48. The first-order valence-electron chi connectivity index (χ1n) is 8.37. The summed E-state index contributed by atoms with van der Waals surface area (Å²) in [6, 6.07) is 10.1. The van der Waals surface area contributed by atoms with Gasteiger partial charge >= 0.3 is 12.6 Å². The molecule has 1 fully saturated rings. The van der Waals surface area contributed by atoms with Crippen molar-refractivity contribution in [1.82, 2.24) is 10.2 Å². The number of halogens is 3. The van der Waals surface area contributed by atoms with Crippen LogP contribution in [-0.2, 0) is 23.3 Å². The van der Waals surface area contributed by atoms with Crippen molar-refractivity contribution >= 4 is 11.9 Å². The van der Waals surface area contributed by atoms with E-state index in [1.165, 1.54) is 12.1 Å². The molecule has 1 atom stereocenters. The lowest BCUT2D eigenvalue weighted by Crippen LogP contribution is -2.41. The monoisotopic (exact) mass is 376 g/mol. The molecular weight excluding hydrogens is 361 g/mol. The summed E-state index contributed by atoms with van der Waals surface area (Å²) in [6.07, 6.45) is 1.01. The van der Waals surface area contributed by atoms with Crippen LogP contribution in [0, 0.1) is 5.82 Å². The Morgan fingerprint density at radius 3 is 2.70 bits per heavy atom. The minimum Gasteiger partial charge on any atom is -0.434 e. The summed E-state index contributed by atoms with van der Waals surface area (Å²) in [7, 11) is 0. The Hall–Kier alpha value is -3.03. The van der Waals surface area contributed by atoms with E-state index < -0.39 is 42.2 Å². The van der Waals surface area contributed by atoms with Crippen LogP contribution in [0.2, 0.25) is 0 Å². The highest BCUT2D eigenvalue weighted by Gasteiger charge is 2.55. The van der Waals surface area contributed by atoms with Gasteiger partial charge in [-0.25, -0.2) is 9.18 Å². The van der Waals surface area contributed by atoms with Crippen molar-refractivity contribution in [1.29, 1.82) is 0 Å². The van der Waals surface area contributed by atoms with Crippen molar-refractivity contribution in [3.05, 3.63) is 65.0 Å². The lowest BCUT2D eigenvalue weighted by molar-refractivity contribution is -0.132. The molecule has 3 amide bonds. The molecule has 8 heteroatoms. The van der Waals surface area contributed by atoms with Crippen LogP contribution in [0.4, 0.5) is 18.0 Å². The molecule has 1 aliphatic heterocycles. The van der Waals surface area contributed by atoms with Gasteiger partial charge < -0.3 is 10.1 Å². The summed E-state index contributed by atoms with van der Waals surface area (Å²) in [4.78, 5) is 26.4. The van der Waals surface area contributed by atoms with Crippen LogP contribution in [0.25, 0.3) is 0 Å². The predicted octanol–water partition coefficient (Wildman–Crippen LogP) is 3.32. The van der Waals surface area contributed by atoms with E-state index >= 15 is 0 Å². The molecule has 5 nitrogen and oxygen atoms in total. The maximum absolute atomic E-state index is 14.2. The van der Waals surface area contributed by atoms with E-state index in [1.54, 1.807) is 12.1 Å². The van der Waals surface area contributed by atoms with Crippen LogP contribution in [-0.4, -0.2) is 23.4 Å². The number of aryl methyl sites for hydroxylation is 1. The molecule has 2 aromatic rings. The van der Waals surface area contributed by atoms with Crippen molar-refractivity contribution in [2.45, 2.75) is 31.5 Å². The Balaban J connectivity index is 1.68. The molecular formula is C19H15F3N2O3. The average molecular weight is 376 g/mol. The molecule has 0 aromatic heterocycles. The van der Waals surface area contributed by atoms with Crippen LogP contribution in [0.5, 0.6) is 5.75 Å². The normalized spacial score (nSPS) is 21.1. The van der Waals surface area contributed by atoms with Crippen LogP contribution < -0.4 is 10.1 Å². The molecule has 0 saturated carbocycles. The lowest BCUT2D eigenvalue weighted by atomic mass is 9.92. The number of imide groups is 1. The lowest BCUT2D eigenvalue weighted by Gasteiger charge is -2.22. The summed E-state index contributed by atoms with van der Waals surface area (Å²) in [5.74, 6) is -1.76. The zero-order valence-electron chi connectivity index (χ0n) is 14.0. The smallest absolute Gasteiger partial charge is 0.387 e. The van der Waals surface area contributed by atoms with Gasteiger partial charge in [0.15, 0.2) is 0 Å². The number of carbonyl (C=O) groups excluding carboxylic acids is 2. The third-order valence-electron chi connectivity index (χ3n) is 5.03. The number of carbonyl (C=O) groups is 2. The number of hydrogen-bond donors (Lipinski definition) is 1. The van der Waals surface area contributed by atoms with Crippen molar-refractivity contribution in [3.63, 3.8) is 0 Å². The van der Waals surface area contributed by atoms with Crippen LogP contribution >= 0.6 is 0 Å². The molecule has 1 aliphatic carbocycles. The largest absolute Gasteiger partial charge is 0.434 e. The molecule has 0 bridgehead atoms. The SMILES string of the molecule is O=C1NC2(CCc3ccccc32)C(=O)N1Cc1c(F)cccc1OC(F)F. The molecule has 0 radical (unpaired) electrons. The van der Waals surface area contributed by atoms with E-state index in [0.29, 0.717) is 18.4 Å². The first-order chi connectivity index (χ1) is 12.9. The number of benzene rings is 2. The maximum Gasteiger partial charge on any atom is 0.387 e. The van der Waals surface area contributed by atoms with Crippen molar-refractivity contribution < 1.29 is 27.5 Å². The van der Waals surface area contributed by atoms with E-state index in [-0.39, 0.29) is 5.56 Å². The number of nitrogens with one attached hydrogen (secondary N) is 1. The van der Waals surface area contributed by atoms with Gasteiger partial charge in [-0.1, -0.05) is 30.3 Å². The van der Waals surface area contributed by atoms with Gasteiger partial charge in [0.05, 0.1) is 12.1 Å². The summed E-state index contributed by atoms with van der Waals surface area (Å²) in [6.45, 7) is -3.65. The van der Waals surface area contributed by atoms with E-state index in [9.17, 15) is 22.8 Å². The Labute approximate surface area is 152 Å². The number of rotatable bonds is 4. The van der Waals surface area contributed by atoms with E-state index in [1.807, 2.05) is 12.1 Å². The van der Waals surface area contributed by atoms with E-state index in [4.69, 9.17) is 0 Å². The number of ether oxygens (including phenoxy) is 1. The van der Waals surface area contributed by atoms with Gasteiger partial charge in [0.25, 0.3) is 5.91 Å². The molecule has 27 heavy (non-hydrogen) atoms. The fraction of sp³-hybridized carbons (Fsp3) is 0.263. The van der Waals surface area contributed by atoms with Crippen LogP contribution in [0.3, 0.4) is 0 Å². The van der Waals surface area contributed by atoms with Gasteiger partial charge in [-0.2, -0.15) is 8.78 Å². The zero-order chi connectivity index (χ0) is 19.2. The molecule has 1 N–H and O–H groups in total. The fourth-order valence-electron chi connectivity index (χ4n) is 3.79. The first-order valence-corrected chi connectivity index (χ1v) is 8.37. The Morgan fingerprint density at radius 2 is 1.93 bits per heavy atom. The minimum absolute atomic E-state index is 0.273. The molecule has 1 saturated heterocycles. The fourth-order valence-corrected chi connectivity index (χ4v) is 3.79. The third kappa shape index (κ3) is 2.72. The summed E-state index contributed by atoms with van der Waals surface area (Å²) in [5, 5.41) is 2.71. The summed E-state index contributed by atoms with van der Waals surface area (Å²) in [5.41, 5.74) is 0.205. The molecule has 4 rings (SSSR count). The van der Waals surface area contributed by atoms with Gasteiger partial charge in [0.1, 0.15) is 17.1 Å². The number of fused-ring (bicyclic) bond motifs is 2. The number of urea groups is 1. The average Bonchev–Trinajstić information content (AvgIpc) is 3.11. The van der Waals surface area contributed by atoms with Gasteiger partial charge in [0, 0.05) is 0 Å². The van der Waals surface area contributed by atoms with Crippen molar-refractivity contribution in [2.75, 3.05) is 0 Å². The molecule has 2 aromatic carbocycles. The van der Waals surface area contributed by atoms with Gasteiger partial charge in [-0.3, -0.25) is 9.69 Å². The summed E-state index contributed by atoms with van der Waals surface area (Å²) >= 11 is 0. The number of amides is 3. The van der Waals surface area contributed by atoms with Crippen molar-refractivity contribution in [2.24, 2.45) is 0 Å². The Morgan fingerprint density at radius 1 is 1.15 bits per heavy atom. The topological polar surface area (TPSA) is 58.6 Å². The number of nitrogens with zero attached hydrogens (tertiary/aromatic N) is 1. The number of alkyl halides is 2. The van der Waals surface area contributed by atoms with Crippen LogP contribution in [0.1, 0.15) is 23.1 Å². The quantitative estimate of drug-likeness (QED) is 0.833. The Kier molecular flexibility index (Phi) is 4.05. The van der Waals surface area contributed by atoms with Gasteiger partial charge in [-0.15, -0.1) is 0 Å². The molecule has 140 valence electrons. The second kappa shape index (κ2) is 6.29. The number of hydrogen-bond acceptors (Lipinski definition) is 3. The minimum atomic E-state index is -3.15. The molecule has 1 unspecified atom stereocenters. The third-order valence-corrected chi connectivity index (χ3v) is 5.03. The molecule has 1 heterocycles. The van der Waals surface area contributed by atoms with Crippen molar-refractivity contribution in [3.8, 4) is 5.75 Å². The second-order valence-electron chi connectivity index (χ2n) is 6.48. The van der Waals surface area contributed by atoms with Gasteiger partial charge in [-0.05, 0) is 36.1 Å². The van der Waals surface area contributed by atoms with Gasteiger partial charge in [0.2, 0.25) is 0 Å². The predicted molar refractivity (Wildman–Crippen MR) is 88.6 cm³/mol. The standard InChI is InChI=1S/C19H15F3N2O3/c20-14-6-3-7-15(27-17(21)22)12(14)10-24-16(25)19(23-18(24)26)9-8-11-4-1-2-5-13(11)19/h1-7,17H,8-10H2,(H,23,26). The molecule has 2 aliphatic rings. The molecule has 1 spiro atoms. The highest BCUT2D eigenvalue weighted by atomic mass is 19.3. The van der Waals surface area contributed by atoms with E-state index in [2.05, 4.69) is 10.1 Å². The highest BCUT2D eigenvalue weighted by molar-refractivity contribution is 6.08. The highest BCUT2D eigenvalue weighted by Crippen LogP contribution is 2.42. The first kappa shape index (κ1) is 17.4.